The van der Waals surface area contributed by atoms with Crippen LogP contribution in [-0.4, -0.2) is 23.5 Å². The SMILES string of the molecule is Cc1cccc([N+](=O)[O-])c1S(=O)(=O)NC1(c2ncon2)CC1. The van der Waals surface area contributed by atoms with Crippen LogP contribution in [0.5, 0.6) is 0 Å². The quantitative estimate of drug-likeness (QED) is 0.647. The van der Waals surface area contributed by atoms with Crippen molar-refractivity contribution in [1.29, 1.82) is 0 Å². The molecule has 10 heteroatoms. The van der Waals surface area contributed by atoms with Crippen molar-refractivity contribution in [2.75, 3.05) is 0 Å². The number of nitrogens with one attached hydrogen (secondary N) is 1. The summed E-state index contributed by atoms with van der Waals surface area (Å²) < 4.78 is 32.4. The fourth-order valence-corrected chi connectivity index (χ4v) is 4.14. The molecule has 1 fully saturated rings. The van der Waals surface area contributed by atoms with Gasteiger partial charge >= 0.3 is 0 Å². The summed E-state index contributed by atoms with van der Waals surface area (Å²) in [7, 11) is -4.10. The van der Waals surface area contributed by atoms with Crippen molar-refractivity contribution >= 4 is 15.7 Å². The number of hydrogen-bond donors (Lipinski definition) is 1. The van der Waals surface area contributed by atoms with Crippen LogP contribution in [0, 0.1) is 17.0 Å². The lowest BCUT2D eigenvalue weighted by Gasteiger charge is -2.15. The van der Waals surface area contributed by atoms with E-state index < -0.39 is 26.2 Å². The molecular weight excluding hydrogens is 312 g/mol. The van der Waals surface area contributed by atoms with Gasteiger partial charge in [0.05, 0.1) is 10.5 Å². The van der Waals surface area contributed by atoms with Crippen LogP contribution in [0.1, 0.15) is 24.2 Å². The number of aryl methyl sites for hydroxylation is 1. The topological polar surface area (TPSA) is 128 Å². The maximum absolute atomic E-state index is 12.6. The fourth-order valence-electron chi connectivity index (χ4n) is 2.32. The van der Waals surface area contributed by atoms with Crippen molar-refractivity contribution in [3.63, 3.8) is 0 Å². The molecule has 0 atom stereocenters. The summed E-state index contributed by atoms with van der Waals surface area (Å²) in [4.78, 5) is 13.9. The molecule has 1 heterocycles. The van der Waals surface area contributed by atoms with Crippen molar-refractivity contribution in [1.82, 2.24) is 14.9 Å². The number of aromatic nitrogens is 2. The zero-order chi connectivity index (χ0) is 16.0. The van der Waals surface area contributed by atoms with Gasteiger partial charge in [0.2, 0.25) is 16.4 Å². The van der Waals surface area contributed by atoms with Gasteiger partial charge in [-0.05, 0) is 25.3 Å². The van der Waals surface area contributed by atoms with Crippen molar-refractivity contribution < 1.29 is 17.9 Å². The molecule has 22 heavy (non-hydrogen) atoms. The molecule has 0 unspecified atom stereocenters. The van der Waals surface area contributed by atoms with Gasteiger partial charge in [0.1, 0.15) is 0 Å². The minimum Gasteiger partial charge on any atom is -0.343 e. The monoisotopic (exact) mass is 324 g/mol. The predicted molar refractivity (Wildman–Crippen MR) is 73.4 cm³/mol. The average molecular weight is 324 g/mol. The molecule has 1 saturated carbocycles. The zero-order valence-electron chi connectivity index (χ0n) is 11.5. The number of nitro benzene ring substituents is 1. The van der Waals surface area contributed by atoms with Gasteiger partial charge in [0.15, 0.2) is 10.7 Å². The Labute approximate surface area is 125 Å². The van der Waals surface area contributed by atoms with Gasteiger partial charge in [-0.15, -0.1) is 0 Å². The number of rotatable bonds is 5. The van der Waals surface area contributed by atoms with Gasteiger partial charge in [0.25, 0.3) is 5.69 Å². The third-order valence-corrected chi connectivity index (χ3v) is 5.25. The molecule has 1 aliphatic carbocycles. The maximum atomic E-state index is 12.6. The number of hydrogen-bond acceptors (Lipinski definition) is 7. The Hall–Kier alpha value is -2.33. The lowest BCUT2D eigenvalue weighted by molar-refractivity contribution is -0.387. The molecule has 1 aromatic carbocycles. The normalized spacial score (nSPS) is 16.4. The Balaban J connectivity index is 2.04. The minimum atomic E-state index is -4.10. The van der Waals surface area contributed by atoms with Crippen LogP contribution in [0.15, 0.2) is 34.0 Å². The second-order valence-corrected chi connectivity index (χ2v) is 6.74. The highest BCUT2D eigenvalue weighted by Gasteiger charge is 2.52. The van der Waals surface area contributed by atoms with E-state index in [4.69, 9.17) is 0 Å². The molecular formula is C12H12N4O5S. The average Bonchev–Trinajstić information content (AvgIpc) is 3.00. The van der Waals surface area contributed by atoms with Crippen molar-refractivity contribution in [3.8, 4) is 0 Å². The molecule has 1 aromatic heterocycles. The molecule has 116 valence electrons. The van der Waals surface area contributed by atoms with Crippen LogP contribution in [-0.2, 0) is 15.6 Å². The third kappa shape index (κ3) is 2.35. The number of benzene rings is 1. The molecule has 0 bridgehead atoms. The van der Waals surface area contributed by atoms with E-state index in [1.807, 2.05) is 0 Å². The van der Waals surface area contributed by atoms with Crippen molar-refractivity contribution in [2.24, 2.45) is 0 Å². The van der Waals surface area contributed by atoms with Gasteiger partial charge in [-0.3, -0.25) is 10.1 Å². The van der Waals surface area contributed by atoms with Crippen molar-refractivity contribution in [2.45, 2.75) is 30.2 Å². The molecule has 0 aliphatic heterocycles. The lowest BCUT2D eigenvalue weighted by atomic mass is 10.2. The molecule has 0 spiro atoms. The second-order valence-electron chi connectivity index (χ2n) is 5.12. The molecule has 0 saturated heterocycles. The van der Waals surface area contributed by atoms with Gasteiger partial charge in [-0.25, -0.2) is 8.42 Å². The van der Waals surface area contributed by atoms with Crippen LogP contribution in [0.25, 0.3) is 0 Å². The van der Waals surface area contributed by atoms with E-state index in [2.05, 4.69) is 19.4 Å². The van der Waals surface area contributed by atoms with Gasteiger partial charge < -0.3 is 4.52 Å². The van der Waals surface area contributed by atoms with Crippen LogP contribution in [0.2, 0.25) is 0 Å². The minimum absolute atomic E-state index is 0.229. The Morgan fingerprint density at radius 3 is 2.68 bits per heavy atom. The summed E-state index contributed by atoms with van der Waals surface area (Å²) in [5, 5.41) is 14.8. The molecule has 1 N–H and O–H groups in total. The fraction of sp³-hybridized carbons (Fsp3) is 0.333. The Kier molecular flexibility index (Phi) is 3.22. The highest BCUT2D eigenvalue weighted by molar-refractivity contribution is 7.89. The highest BCUT2D eigenvalue weighted by atomic mass is 32.2. The van der Waals surface area contributed by atoms with Crippen molar-refractivity contribution in [3.05, 3.63) is 46.1 Å². The standard InChI is InChI=1S/C12H12N4O5S/c1-8-3-2-4-9(16(17)18)10(8)22(19,20)15-12(5-6-12)11-13-7-21-14-11/h2-4,7,15H,5-6H2,1H3. The van der Waals surface area contributed by atoms with Crippen LogP contribution >= 0.6 is 0 Å². The summed E-state index contributed by atoms with van der Waals surface area (Å²) in [5.41, 5.74) is -1.11. The number of nitro groups is 1. The molecule has 2 aromatic rings. The Bertz CT molecular complexity index is 827. The number of sulfonamides is 1. The van der Waals surface area contributed by atoms with Crippen LogP contribution in [0.4, 0.5) is 5.69 Å². The molecule has 1 aliphatic rings. The van der Waals surface area contributed by atoms with E-state index in [9.17, 15) is 18.5 Å². The highest BCUT2D eigenvalue weighted by Crippen LogP contribution is 2.45. The first-order chi connectivity index (χ1) is 10.4. The van der Waals surface area contributed by atoms with Crippen LogP contribution < -0.4 is 4.72 Å². The third-order valence-electron chi connectivity index (χ3n) is 3.53. The maximum Gasteiger partial charge on any atom is 0.289 e. The summed E-state index contributed by atoms with van der Waals surface area (Å²) in [6.07, 6.45) is 2.12. The second kappa shape index (κ2) is 4.85. The van der Waals surface area contributed by atoms with Gasteiger partial charge in [-0.2, -0.15) is 9.71 Å². The first-order valence-corrected chi connectivity index (χ1v) is 7.89. The van der Waals surface area contributed by atoms with E-state index in [1.54, 1.807) is 0 Å². The number of nitrogens with zero attached hydrogens (tertiary/aromatic N) is 3. The Morgan fingerprint density at radius 1 is 1.41 bits per heavy atom. The van der Waals surface area contributed by atoms with Gasteiger partial charge in [0, 0.05) is 6.07 Å². The molecule has 0 radical (unpaired) electrons. The van der Waals surface area contributed by atoms with Gasteiger partial charge in [-0.1, -0.05) is 17.3 Å². The lowest BCUT2D eigenvalue weighted by Crippen LogP contribution is -2.36. The van der Waals surface area contributed by atoms with E-state index in [1.165, 1.54) is 19.1 Å². The molecule has 3 rings (SSSR count). The van der Waals surface area contributed by atoms with E-state index in [0.29, 0.717) is 18.4 Å². The summed E-state index contributed by atoms with van der Waals surface area (Å²) in [5.74, 6) is 0.229. The molecule has 0 amide bonds. The zero-order valence-corrected chi connectivity index (χ0v) is 12.3. The summed E-state index contributed by atoms with van der Waals surface area (Å²) >= 11 is 0. The largest absolute Gasteiger partial charge is 0.343 e. The molecule has 9 nitrogen and oxygen atoms in total. The Morgan fingerprint density at radius 2 is 2.14 bits per heavy atom. The van der Waals surface area contributed by atoms with E-state index in [-0.39, 0.29) is 10.7 Å². The smallest absolute Gasteiger partial charge is 0.289 e. The summed E-state index contributed by atoms with van der Waals surface area (Å²) in [6.45, 7) is 1.51. The van der Waals surface area contributed by atoms with E-state index >= 15 is 0 Å². The van der Waals surface area contributed by atoms with Crippen LogP contribution in [0.3, 0.4) is 0 Å². The predicted octanol–water partition coefficient (Wildman–Crippen LogP) is 1.25. The van der Waals surface area contributed by atoms with E-state index in [0.717, 1.165) is 12.5 Å². The summed E-state index contributed by atoms with van der Waals surface area (Å²) in [6, 6.07) is 4.11. The first-order valence-electron chi connectivity index (χ1n) is 6.41. The first kappa shape index (κ1) is 14.6.